The first-order valence-electron chi connectivity index (χ1n) is 9.37. The summed E-state index contributed by atoms with van der Waals surface area (Å²) in [5, 5.41) is 6.67. The van der Waals surface area contributed by atoms with Crippen molar-refractivity contribution in [2.45, 2.75) is 19.9 Å². The second-order valence-corrected chi connectivity index (χ2v) is 6.21. The maximum absolute atomic E-state index is 5.20. The number of imidazole rings is 1. The Morgan fingerprint density at radius 2 is 1.96 bits per heavy atom. The van der Waals surface area contributed by atoms with Gasteiger partial charge < -0.3 is 15.4 Å². The molecule has 0 aliphatic heterocycles. The molecule has 0 saturated heterocycles. The molecule has 2 aromatic heterocycles. The zero-order valence-corrected chi connectivity index (χ0v) is 16.3. The average Bonchev–Trinajstić information content (AvgIpc) is 3.28. The number of aromatic nitrogens is 3. The third kappa shape index (κ3) is 5.57. The largest absolute Gasteiger partial charge is 0.497 e. The zero-order chi connectivity index (χ0) is 19.6. The van der Waals surface area contributed by atoms with Gasteiger partial charge in [-0.15, -0.1) is 0 Å². The van der Waals surface area contributed by atoms with E-state index in [1.165, 1.54) is 5.56 Å². The number of nitrogens with zero attached hydrogens (tertiary/aromatic N) is 4. The van der Waals surface area contributed by atoms with Gasteiger partial charge in [0.15, 0.2) is 5.96 Å². The van der Waals surface area contributed by atoms with Gasteiger partial charge in [-0.25, -0.2) is 15.0 Å². The Bertz CT molecular complexity index is 874. The molecule has 0 bridgehead atoms. The maximum Gasteiger partial charge on any atom is 0.191 e. The van der Waals surface area contributed by atoms with Crippen molar-refractivity contribution in [3.05, 3.63) is 72.4 Å². The summed E-state index contributed by atoms with van der Waals surface area (Å²) in [4.78, 5) is 13.1. The molecule has 0 atom stereocenters. The number of hydrogen-bond acceptors (Lipinski definition) is 4. The smallest absolute Gasteiger partial charge is 0.191 e. The fourth-order valence-electron chi connectivity index (χ4n) is 2.72. The van der Waals surface area contributed by atoms with Crippen molar-refractivity contribution >= 4 is 5.96 Å². The molecule has 0 spiro atoms. The van der Waals surface area contributed by atoms with Crippen molar-refractivity contribution in [1.29, 1.82) is 0 Å². The van der Waals surface area contributed by atoms with Gasteiger partial charge in [-0.1, -0.05) is 12.1 Å². The summed E-state index contributed by atoms with van der Waals surface area (Å²) in [6.45, 7) is 4.24. The van der Waals surface area contributed by atoms with Crippen LogP contribution in [0.1, 0.15) is 18.1 Å². The topological polar surface area (TPSA) is 76.4 Å². The number of ether oxygens (including phenoxy) is 1. The van der Waals surface area contributed by atoms with Gasteiger partial charge >= 0.3 is 0 Å². The highest BCUT2D eigenvalue weighted by Crippen LogP contribution is 2.11. The van der Waals surface area contributed by atoms with Crippen LogP contribution in [-0.2, 0) is 13.0 Å². The Kier molecular flexibility index (Phi) is 7.01. The van der Waals surface area contributed by atoms with E-state index in [-0.39, 0.29) is 0 Å². The molecular formula is C21H26N6O. The number of nitrogens with one attached hydrogen (secondary N) is 2. The molecule has 7 nitrogen and oxygen atoms in total. The molecule has 7 heteroatoms. The number of rotatable bonds is 8. The van der Waals surface area contributed by atoms with Crippen LogP contribution in [-0.4, -0.2) is 40.7 Å². The minimum absolute atomic E-state index is 0.572. The molecule has 3 aromatic rings. The maximum atomic E-state index is 5.20. The SMILES string of the molecule is CCNC(=NCc1ccnc(-n2ccnc2)c1)NCCc1ccc(OC)cc1. The molecule has 146 valence electrons. The predicted molar refractivity (Wildman–Crippen MR) is 111 cm³/mol. The molecular weight excluding hydrogens is 352 g/mol. The van der Waals surface area contributed by atoms with Gasteiger partial charge in [0.1, 0.15) is 17.9 Å². The van der Waals surface area contributed by atoms with Gasteiger partial charge in [-0.2, -0.15) is 0 Å². The first-order chi connectivity index (χ1) is 13.8. The molecule has 2 N–H and O–H groups in total. The van der Waals surface area contributed by atoms with Crippen molar-refractivity contribution in [2.24, 2.45) is 4.99 Å². The third-order valence-corrected chi connectivity index (χ3v) is 4.21. The lowest BCUT2D eigenvalue weighted by Gasteiger charge is -2.12. The third-order valence-electron chi connectivity index (χ3n) is 4.21. The second-order valence-electron chi connectivity index (χ2n) is 6.21. The van der Waals surface area contributed by atoms with Gasteiger partial charge in [0, 0.05) is 31.7 Å². The first-order valence-corrected chi connectivity index (χ1v) is 9.37. The summed E-state index contributed by atoms with van der Waals surface area (Å²) in [5.74, 6) is 2.51. The summed E-state index contributed by atoms with van der Waals surface area (Å²) < 4.78 is 7.08. The van der Waals surface area contributed by atoms with Crippen LogP contribution in [0.3, 0.4) is 0 Å². The lowest BCUT2D eigenvalue weighted by Crippen LogP contribution is -2.38. The van der Waals surface area contributed by atoms with Crippen molar-refractivity contribution < 1.29 is 4.74 Å². The predicted octanol–water partition coefficient (Wildman–Crippen LogP) is 2.57. The van der Waals surface area contributed by atoms with Crippen LogP contribution in [0.4, 0.5) is 0 Å². The van der Waals surface area contributed by atoms with Crippen molar-refractivity contribution in [3.8, 4) is 11.6 Å². The van der Waals surface area contributed by atoms with E-state index in [0.29, 0.717) is 6.54 Å². The van der Waals surface area contributed by atoms with Crippen LogP contribution in [0.5, 0.6) is 5.75 Å². The molecule has 3 rings (SSSR count). The molecule has 1 aromatic carbocycles. The van der Waals surface area contributed by atoms with Gasteiger partial charge in [0.2, 0.25) is 0 Å². The highest BCUT2D eigenvalue weighted by molar-refractivity contribution is 5.79. The van der Waals surface area contributed by atoms with Gasteiger partial charge in [0.05, 0.1) is 13.7 Å². The first kappa shape index (κ1) is 19.4. The van der Waals surface area contributed by atoms with E-state index in [9.17, 15) is 0 Å². The molecule has 0 saturated carbocycles. The minimum atomic E-state index is 0.572. The second kappa shape index (κ2) is 10.1. The fourth-order valence-corrected chi connectivity index (χ4v) is 2.72. The lowest BCUT2D eigenvalue weighted by atomic mass is 10.1. The summed E-state index contributed by atoms with van der Waals surface area (Å²) in [6.07, 6.45) is 8.06. The molecule has 0 radical (unpaired) electrons. The Hall–Kier alpha value is -3.35. The highest BCUT2D eigenvalue weighted by atomic mass is 16.5. The monoisotopic (exact) mass is 378 g/mol. The van der Waals surface area contributed by atoms with Gasteiger partial charge in [-0.05, 0) is 48.7 Å². The minimum Gasteiger partial charge on any atom is -0.497 e. The molecule has 2 heterocycles. The van der Waals surface area contributed by atoms with E-state index in [1.54, 1.807) is 25.8 Å². The van der Waals surface area contributed by atoms with E-state index < -0.39 is 0 Å². The van der Waals surface area contributed by atoms with Crippen LogP contribution in [0, 0.1) is 0 Å². The van der Waals surface area contributed by atoms with Crippen LogP contribution in [0.15, 0.2) is 66.3 Å². The molecule has 0 fully saturated rings. The van der Waals surface area contributed by atoms with E-state index in [2.05, 4.69) is 44.7 Å². The fraction of sp³-hybridized carbons (Fsp3) is 0.286. The number of benzene rings is 1. The van der Waals surface area contributed by atoms with Gasteiger partial charge in [-0.3, -0.25) is 4.57 Å². The molecule has 0 unspecified atom stereocenters. The summed E-state index contributed by atoms with van der Waals surface area (Å²) >= 11 is 0. The average molecular weight is 378 g/mol. The standard InChI is InChI=1S/C21H26N6O/c1-3-23-21(25-11-8-17-4-6-19(28-2)7-5-17)26-15-18-9-10-24-20(14-18)27-13-12-22-16-27/h4-7,9-10,12-14,16H,3,8,11,15H2,1-2H3,(H2,23,25,26). The molecule has 0 aliphatic carbocycles. The van der Waals surface area contributed by atoms with Gasteiger partial charge in [0.25, 0.3) is 0 Å². The van der Waals surface area contributed by atoms with E-state index >= 15 is 0 Å². The van der Waals surface area contributed by atoms with Crippen LogP contribution < -0.4 is 15.4 Å². The van der Waals surface area contributed by atoms with Crippen molar-refractivity contribution in [2.75, 3.05) is 20.2 Å². The lowest BCUT2D eigenvalue weighted by molar-refractivity contribution is 0.414. The summed E-state index contributed by atoms with van der Waals surface area (Å²) in [6, 6.07) is 12.1. The Morgan fingerprint density at radius 3 is 2.68 bits per heavy atom. The number of methoxy groups -OCH3 is 1. The number of pyridine rings is 1. The Balaban J connectivity index is 1.57. The number of aliphatic imine (C=N–C) groups is 1. The van der Waals surface area contributed by atoms with E-state index in [1.807, 2.05) is 35.0 Å². The molecule has 0 amide bonds. The van der Waals surface area contributed by atoms with Crippen molar-refractivity contribution in [1.82, 2.24) is 25.2 Å². The van der Waals surface area contributed by atoms with Crippen LogP contribution >= 0.6 is 0 Å². The summed E-state index contributed by atoms with van der Waals surface area (Å²) in [5.41, 5.74) is 2.34. The Morgan fingerprint density at radius 1 is 1.11 bits per heavy atom. The van der Waals surface area contributed by atoms with Crippen molar-refractivity contribution in [3.63, 3.8) is 0 Å². The highest BCUT2D eigenvalue weighted by Gasteiger charge is 2.02. The zero-order valence-electron chi connectivity index (χ0n) is 16.3. The Labute approximate surface area is 165 Å². The molecule has 28 heavy (non-hydrogen) atoms. The number of hydrogen-bond donors (Lipinski definition) is 2. The normalized spacial score (nSPS) is 11.3. The van der Waals surface area contributed by atoms with Crippen LogP contribution in [0.2, 0.25) is 0 Å². The quantitative estimate of drug-likeness (QED) is 0.465. The van der Waals surface area contributed by atoms with E-state index in [4.69, 9.17) is 4.74 Å². The van der Waals surface area contributed by atoms with E-state index in [0.717, 1.165) is 42.6 Å². The summed E-state index contributed by atoms with van der Waals surface area (Å²) in [7, 11) is 1.68. The molecule has 0 aliphatic rings. The number of guanidine groups is 1. The van der Waals surface area contributed by atoms with Crippen LogP contribution in [0.25, 0.3) is 5.82 Å².